The summed E-state index contributed by atoms with van der Waals surface area (Å²) in [7, 11) is 3.23. The number of nitrogens with zero attached hydrogens (tertiary/aromatic N) is 1. The molecule has 0 saturated carbocycles. The van der Waals surface area contributed by atoms with Crippen molar-refractivity contribution in [3.8, 4) is 11.5 Å². The molecule has 0 spiro atoms. The summed E-state index contributed by atoms with van der Waals surface area (Å²) in [4.78, 5) is 12.1. The minimum absolute atomic E-state index is 0.0650. The molecule has 1 aromatic carbocycles. The first-order chi connectivity index (χ1) is 7.93. The maximum absolute atomic E-state index is 10.5. The van der Waals surface area contributed by atoms with Gasteiger partial charge in [0.25, 0.3) is 0 Å². The van der Waals surface area contributed by atoms with Gasteiger partial charge in [0.1, 0.15) is 11.5 Å². The Hall–Kier alpha value is -1.75. The standard InChI is InChI=1S/C12H17NO4/c1-8-4-9(6-13(2)7-12(15)16)10(14)5-11(8)17-3/h4-5,14H,6-7H2,1-3H3,(H,15,16). The van der Waals surface area contributed by atoms with Crippen molar-refractivity contribution in [3.63, 3.8) is 0 Å². The third-order valence-corrected chi connectivity index (χ3v) is 2.44. The lowest BCUT2D eigenvalue weighted by molar-refractivity contribution is -0.138. The Morgan fingerprint density at radius 3 is 2.65 bits per heavy atom. The molecular formula is C12H17NO4. The lowest BCUT2D eigenvalue weighted by Crippen LogP contribution is -2.25. The number of hydrogen-bond acceptors (Lipinski definition) is 4. The average Bonchev–Trinajstić information content (AvgIpc) is 2.21. The Kier molecular flexibility index (Phi) is 4.34. The van der Waals surface area contributed by atoms with Gasteiger partial charge in [-0.2, -0.15) is 0 Å². The Morgan fingerprint density at radius 2 is 2.12 bits per heavy atom. The number of hydrogen-bond donors (Lipinski definition) is 2. The van der Waals surface area contributed by atoms with Crippen molar-refractivity contribution in [2.45, 2.75) is 13.5 Å². The van der Waals surface area contributed by atoms with Crippen LogP contribution in [0, 0.1) is 6.92 Å². The van der Waals surface area contributed by atoms with E-state index in [4.69, 9.17) is 9.84 Å². The monoisotopic (exact) mass is 239 g/mol. The van der Waals surface area contributed by atoms with E-state index in [9.17, 15) is 9.90 Å². The molecule has 0 radical (unpaired) electrons. The van der Waals surface area contributed by atoms with Crippen molar-refractivity contribution in [1.82, 2.24) is 4.90 Å². The highest BCUT2D eigenvalue weighted by molar-refractivity contribution is 5.69. The van der Waals surface area contributed by atoms with E-state index in [2.05, 4.69) is 0 Å². The molecule has 0 bridgehead atoms. The molecule has 0 atom stereocenters. The van der Waals surface area contributed by atoms with Crippen LogP contribution >= 0.6 is 0 Å². The van der Waals surface area contributed by atoms with Crippen molar-refractivity contribution < 1.29 is 19.7 Å². The minimum Gasteiger partial charge on any atom is -0.507 e. The SMILES string of the molecule is COc1cc(O)c(CN(C)CC(=O)O)cc1C. The summed E-state index contributed by atoms with van der Waals surface area (Å²) in [5.41, 5.74) is 1.59. The zero-order valence-corrected chi connectivity index (χ0v) is 10.2. The van der Waals surface area contributed by atoms with Gasteiger partial charge in [-0.05, 0) is 25.6 Å². The number of carboxylic acids is 1. The molecule has 0 aliphatic carbocycles. The van der Waals surface area contributed by atoms with Crippen LogP contribution in [0.5, 0.6) is 11.5 Å². The lowest BCUT2D eigenvalue weighted by atomic mass is 10.1. The maximum Gasteiger partial charge on any atom is 0.317 e. The number of aryl methyl sites for hydroxylation is 1. The topological polar surface area (TPSA) is 70.0 Å². The molecule has 0 unspecified atom stereocenters. The molecule has 17 heavy (non-hydrogen) atoms. The first-order valence-electron chi connectivity index (χ1n) is 5.21. The number of carboxylic acid groups (broad SMARTS) is 1. The maximum atomic E-state index is 10.5. The number of phenolic OH excluding ortho intramolecular Hbond substituents is 1. The second kappa shape index (κ2) is 5.54. The summed E-state index contributed by atoms with van der Waals surface area (Å²) in [5.74, 6) is -0.158. The van der Waals surface area contributed by atoms with Gasteiger partial charge in [0.05, 0.1) is 13.7 Å². The minimum atomic E-state index is -0.891. The van der Waals surface area contributed by atoms with Gasteiger partial charge in [0, 0.05) is 18.2 Å². The third kappa shape index (κ3) is 3.64. The van der Waals surface area contributed by atoms with Crippen LogP contribution in [0.4, 0.5) is 0 Å². The Bertz CT molecular complexity index is 417. The fourth-order valence-corrected chi connectivity index (χ4v) is 1.66. The summed E-state index contributed by atoms with van der Waals surface area (Å²) in [6.45, 7) is 2.19. The van der Waals surface area contributed by atoms with E-state index in [1.54, 1.807) is 24.1 Å². The zero-order valence-electron chi connectivity index (χ0n) is 10.2. The van der Waals surface area contributed by atoms with E-state index in [0.717, 1.165) is 5.56 Å². The fraction of sp³-hybridized carbons (Fsp3) is 0.417. The van der Waals surface area contributed by atoms with E-state index >= 15 is 0 Å². The summed E-state index contributed by atoms with van der Waals surface area (Å²) >= 11 is 0. The van der Waals surface area contributed by atoms with Crippen LogP contribution in [0.1, 0.15) is 11.1 Å². The van der Waals surface area contributed by atoms with E-state index in [0.29, 0.717) is 17.9 Å². The van der Waals surface area contributed by atoms with Gasteiger partial charge in [0.2, 0.25) is 0 Å². The van der Waals surface area contributed by atoms with E-state index in [1.165, 1.54) is 7.11 Å². The normalized spacial score (nSPS) is 10.6. The van der Waals surface area contributed by atoms with Crippen molar-refractivity contribution in [1.29, 1.82) is 0 Å². The molecule has 0 aromatic heterocycles. The molecule has 0 aliphatic rings. The summed E-state index contributed by atoms with van der Waals surface area (Å²) < 4.78 is 5.08. The predicted molar refractivity (Wildman–Crippen MR) is 63.4 cm³/mol. The number of methoxy groups -OCH3 is 1. The quantitative estimate of drug-likeness (QED) is 0.808. The van der Waals surface area contributed by atoms with E-state index in [1.807, 2.05) is 6.92 Å². The van der Waals surface area contributed by atoms with Gasteiger partial charge < -0.3 is 14.9 Å². The van der Waals surface area contributed by atoms with Gasteiger partial charge in [0.15, 0.2) is 0 Å². The molecule has 5 nitrogen and oxygen atoms in total. The van der Waals surface area contributed by atoms with Crippen LogP contribution in [-0.4, -0.2) is 41.8 Å². The molecule has 1 rings (SSSR count). The second-order valence-corrected chi connectivity index (χ2v) is 4.02. The largest absolute Gasteiger partial charge is 0.507 e. The first-order valence-corrected chi connectivity index (χ1v) is 5.21. The average molecular weight is 239 g/mol. The van der Waals surface area contributed by atoms with Gasteiger partial charge in [-0.1, -0.05) is 0 Å². The van der Waals surface area contributed by atoms with E-state index in [-0.39, 0.29) is 12.3 Å². The Morgan fingerprint density at radius 1 is 1.47 bits per heavy atom. The lowest BCUT2D eigenvalue weighted by Gasteiger charge is -2.16. The first kappa shape index (κ1) is 13.3. The van der Waals surface area contributed by atoms with Crippen molar-refractivity contribution in [2.24, 2.45) is 0 Å². The molecule has 0 aliphatic heterocycles. The van der Waals surface area contributed by atoms with Crippen molar-refractivity contribution >= 4 is 5.97 Å². The highest BCUT2D eigenvalue weighted by Crippen LogP contribution is 2.28. The highest BCUT2D eigenvalue weighted by Gasteiger charge is 2.11. The van der Waals surface area contributed by atoms with Crippen LogP contribution in [0.2, 0.25) is 0 Å². The molecular weight excluding hydrogens is 222 g/mol. The molecule has 0 fully saturated rings. The predicted octanol–water partition coefficient (Wildman–Crippen LogP) is 1.23. The number of aromatic hydroxyl groups is 1. The molecule has 94 valence electrons. The van der Waals surface area contributed by atoms with Crippen molar-refractivity contribution in [3.05, 3.63) is 23.3 Å². The number of carbonyl (C=O) groups is 1. The van der Waals surface area contributed by atoms with Gasteiger partial charge in [-0.25, -0.2) is 0 Å². The van der Waals surface area contributed by atoms with Crippen LogP contribution in [0.15, 0.2) is 12.1 Å². The molecule has 0 heterocycles. The summed E-state index contributed by atoms with van der Waals surface area (Å²) in [6, 6.07) is 3.34. The third-order valence-electron chi connectivity index (χ3n) is 2.44. The highest BCUT2D eigenvalue weighted by atomic mass is 16.5. The molecule has 2 N–H and O–H groups in total. The van der Waals surface area contributed by atoms with Gasteiger partial charge in [-0.15, -0.1) is 0 Å². The van der Waals surface area contributed by atoms with Crippen LogP contribution in [-0.2, 0) is 11.3 Å². The fourth-order valence-electron chi connectivity index (χ4n) is 1.66. The van der Waals surface area contributed by atoms with Gasteiger partial charge in [-0.3, -0.25) is 9.69 Å². The smallest absolute Gasteiger partial charge is 0.317 e. The molecule has 0 amide bonds. The molecule has 0 saturated heterocycles. The number of phenols is 1. The number of likely N-dealkylation sites (N-methyl/N-ethyl adjacent to an activating group) is 1. The van der Waals surface area contributed by atoms with Gasteiger partial charge >= 0.3 is 5.97 Å². The van der Waals surface area contributed by atoms with E-state index < -0.39 is 5.97 Å². The summed E-state index contributed by atoms with van der Waals surface area (Å²) in [6.07, 6.45) is 0. The van der Waals surface area contributed by atoms with Crippen LogP contribution < -0.4 is 4.74 Å². The Balaban J connectivity index is 2.84. The number of aliphatic carboxylic acids is 1. The van der Waals surface area contributed by atoms with Crippen LogP contribution in [0.3, 0.4) is 0 Å². The van der Waals surface area contributed by atoms with Crippen LogP contribution in [0.25, 0.3) is 0 Å². The molecule has 5 heteroatoms. The number of benzene rings is 1. The number of rotatable bonds is 5. The Labute approximate surface area is 100 Å². The summed E-state index contributed by atoms with van der Waals surface area (Å²) in [5, 5.41) is 18.4. The zero-order chi connectivity index (χ0) is 13.0. The van der Waals surface area contributed by atoms with Crippen molar-refractivity contribution in [2.75, 3.05) is 20.7 Å². The molecule has 1 aromatic rings. The second-order valence-electron chi connectivity index (χ2n) is 4.02. The number of ether oxygens (including phenoxy) is 1.